The van der Waals surface area contributed by atoms with Crippen molar-refractivity contribution in [3.8, 4) is 5.75 Å². The molecule has 0 aliphatic heterocycles. The number of fused-ring (bicyclic) bond motifs is 5. The molecule has 33 heavy (non-hydrogen) atoms. The van der Waals surface area contributed by atoms with E-state index in [0.29, 0.717) is 17.6 Å². The number of Topliss-reactive ketones (excluding diaryl/α,β-unsaturated/α-hetero) is 2. The molecule has 6 atom stereocenters. The third-order valence-corrected chi connectivity index (χ3v) is 9.12. The van der Waals surface area contributed by atoms with Crippen LogP contribution in [-0.2, 0) is 25.5 Å². The van der Waals surface area contributed by atoms with Crippen molar-refractivity contribution in [2.24, 2.45) is 23.2 Å². The number of aromatic hydroxyl groups is 1. The van der Waals surface area contributed by atoms with Gasteiger partial charge in [-0.15, -0.1) is 0 Å². The third kappa shape index (κ3) is 3.80. The Labute approximate surface area is 196 Å². The van der Waals surface area contributed by atoms with Crippen LogP contribution in [0.25, 0.3) is 0 Å². The number of aryl methyl sites for hydroxylation is 1. The summed E-state index contributed by atoms with van der Waals surface area (Å²) >= 11 is 0. The molecule has 6 nitrogen and oxygen atoms in total. The summed E-state index contributed by atoms with van der Waals surface area (Å²) in [5.74, 6) is 0.612. The van der Waals surface area contributed by atoms with Crippen molar-refractivity contribution in [3.63, 3.8) is 0 Å². The average molecular weight is 457 g/mol. The molecule has 2 fully saturated rings. The lowest BCUT2D eigenvalue weighted by Gasteiger charge is -2.51. The van der Waals surface area contributed by atoms with E-state index in [1.165, 1.54) is 14.2 Å². The van der Waals surface area contributed by atoms with E-state index in [1.807, 2.05) is 6.92 Å². The predicted molar refractivity (Wildman–Crippen MR) is 123 cm³/mol. The average Bonchev–Trinajstić information content (AvgIpc) is 3.16. The monoisotopic (exact) mass is 456 g/mol. The highest BCUT2D eigenvalue weighted by Gasteiger charge is 2.56. The van der Waals surface area contributed by atoms with Gasteiger partial charge in [-0.25, -0.2) is 0 Å². The zero-order chi connectivity index (χ0) is 24.1. The number of rotatable bonds is 6. The Bertz CT molecular complexity index is 981. The zero-order valence-corrected chi connectivity index (χ0v) is 20.4. The molecule has 4 rings (SSSR count). The lowest BCUT2D eigenvalue weighted by molar-refractivity contribution is -0.142. The quantitative estimate of drug-likeness (QED) is 0.500. The maximum atomic E-state index is 13.3. The minimum absolute atomic E-state index is 0.0320. The lowest BCUT2D eigenvalue weighted by atomic mass is 9.53. The van der Waals surface area contributed by atoms with E-state index in [1.54, 1.807) is 13.0 Å². The number of phenols is 1. The number of ketones is 2. The molecule has 180 valence electrons. The molecule has 0 spiro atoms. The molecule has 0 bridgehead atoms. The fraction of sp³-hybridized carbons (Fsp3) is 0.667. The highest BCUT2D eigenvalue weighted by Crippen LogP contribution is 2.64. The van der Waals surface area contributed by atoms with Gasteiger partial charge in [-0.1, -0.05) is 6.92 Å². The summed E-state index contributed by atoms with van der Waals surface area (Å²) in [5, 5.41) is 11.4. The summed E-state index contributed by atoms with van der Waals surface area (Å²) in [7, 11) is 2.66. The fourth-order valence-corrected chi connectivity index (χ4v) is 7.51. The Hall–Kier alpha value is -2.21. The number of hydrogen-bond donors (Lipinski definition) is 1. The molecule has 3 aliphatic rings. The number of hydrogen-bond acceptors (Lipinski definition) is 6. The topological polar surface area (TPSA) is 89.9 Å². The molecule has 0 saturated heterocycles. The second kappa shape index (κ2) is 8.86. The number of ether oxygens (including phenoxy) is 2. The molecule has 1 N–H and O–H groups in total. The van der Waals surface area contributed by atoms with E-state index in [-0.39, 0.29) is 35.0 Å². The van der Waals surface area contributed by atoms with Crippen molar-refractivity contribution in [2.75, 3.05) is 14.2 Å². The van der Waals surface area contributed by atoms with Crippen molar-refractivity contribution < 1.29 is 29.0 Å². The van der Waals surface area contributed by atoms with E-state index in [2.05, 4.69) is 6.92 Å². The first-order valence-electron chi connectivity index (χ1n) is 12.1. The largest absolute Gasteiger partial charge is 0.507 e. The van der Waals surface area contributed by atoms with Crippen LogP contribution < -0.4 is 0 Å². The molecule has 0 radical (unpaired) electrons. The Balaban J connectivity index is 1.71. The van der Waals surface area contributed by atoms with Crippen LogP contribution in [0.4, 0.5) is 0 Å². The summed E-state index contributed by atoms with van der Waals surface area (Å²) in [4.78, 5) is 37.4. The van der Waals surface area contributed by atoms with Gasteiger partial charge in [0.05, 0.1) is 19.1 Å². The second-order valence-electron chi connectivity index (χ2n) is 10.6. The number of benzene rings is 1. The van der Waals surface area contributed by atoms with Crippen LogP contribution in [0.2, 0.25) is 0 Å². The summed E-state index contributed by atoms with van der Waals surface area (Å²) in [6.07, 6.45) is 4.62. The third-order valence-electron chi connectivity index (χ3n) is 9.12. The maximum absolute atomic E-state index is 13.3. The summed E-state index contributed by atoms with van der Waals surface area (Å²) in [6.45, 7) is 6.02. The molecule has 1 unspecified atom stereocenters. The number of carbonyl (C=O) groups is 3. The van der Waals surface area contributed by atoms with Crippen molar-refractivity contribution in [2.45, 2.75) is 77.7 Å². The van der Waals surface area contributed by atoms with Gasteiger partial charge in [-0.2, -0.15) is 0 Å². The van der Waals surface area contributed by atoms with Gasteiger partial charge in [0.1, 0.15) is 17.6 Å². The first kappa shape index (κ1) is 23.9. The van der Waals surface area contributed by atoms with Crippen LogP contribution in [0.5, 0.6) is 5.75 Å². The lowest BCUT2D eigenvalue weighted by Crippen LogP contribution is -2.43. The van der Waals surface area contributed by atoms with Gasteiger partial charge >= 0.3 is 5.97 Å². The Morgan fingerprint density at radius 3 is 2.55 bits per heavy atom. The molecule has 0 aromatic heterocycles. The van der Waals surface area contributed by atoms with Crippen LogP contribution in [0, 0.1) is 30.1 Å². The molecule has 1 aromatic rings. The van der Waals surface area contributed by atoms with E-state index in [9.17, 15) is 19.5 Å². The van der Waals surface area contributed by atoms with Crippen LogP contribution >= 0.6 is 0 Å². The maximum Gasteiger partial charge on any atom is 0.308 e. The van der Waals surface area contributed by atoms with Crippen LogP contribution in [0.1, 0.15) is 85.3 Å². The van der Waals surface area contributed by atoms with Crippen molar-refractivity contribution in [1.82, 2.24) is 0 Å². The van der Waals surface area contributed by atoms with Crippen LogP contribution in [0.3, 0.4) is 0 Å². The van der Waals surface area contributed by atoms with Gasteiger partial charge in [-0.3, -0.25) is 14.4 Å². The predicted octanol–water partition coefficient (Wildman–Crippen LogP) is 4.52. The first-order valence-corrected chi connectivity index (χ1v) is 12.1. The van der Waals surface area contributed by atoms with Crippen molar-refractivity contribution in [3.05, 3.63) is 28.3 Å². The highest BCUT2D eigenvalue weighted by molar-refractivity contribution is 6.04. The van der Waals surface area contributed by atoms with Gasteiger partial charge < -0.3 is 14.6 Å². The van der Waals surface area contributed by atoms with Crippen molar-refractivity contribution >= 4 is 17.5 Å². The minimum atomic E-state index is -0.999. The molecule has 0 amide bonds. The Morgan fingerprint density at radius 1 is 1.18 bits per heavy atom. The SMILES string of the molecule is COC(=O)CC(OC)C(=O)c1cc(C)c2c(c1O)[C@H]1CC[C@]3(C)[C@@H](C(C)=O)CC[C@H]3[C@@H]1CC2. The first-order chi connectivity index (χ1) is 15.6. The van der Waals surface area contributed by atoms with Gasteiger partial charge in [0.2, 0.25) is 0 Å². The standard InChI is InChI=1S/C27H36O6/c1-14-12-19(25(30)22(32-4)13-23(29)33-5)26(31)24-16(14)6-7-17-18(24)10-11-27(3)20(15(2)28)8-9-21(17)27/h12,17-18,20-22,31H,6-11,13H2,1-5H3/t17-,18+,20-,21+,22?,27-/m1/s1. The normalized spacial score (nSPS) is 31.2. The van der Waals surface area contributed by atoms with Crippen LogP contribution in [-0.4, -0.2) is 43.0 Å². The molecular formula is C27H36O6. The molecule has 2 saturated carbocycles. The van der Waals surface area contributed by atoms with Crippen LogP contribution in [0.15, 0.2) is 6.07 Å². The number of esters is 1. The second-order valence-corrected chi connectivity index (χ2v) is 10.6. The van der Waals surface area contributed by atoms with E-state index in [4.69, 9.17) is 9.47 Å². The molecule has 6 heteroatoms. The smallest absolute Gasteiger partial charge is 0.308 e. The van der Waals surface area contributed by atoms with Crippen molar-refractivity contribution in [1.29, 1.82) is 0 Å². The summed E-state index contributed by atoms with van der Waals surface area (Å²) in [5.41, 5.74) is 3.32. The fourth-order valence-electron chi connectivity index (χ4n) is 7.51. The molecule has 1 aromatic carbocycles. The molecular weight excluding hydrogens is 420 g/mol. The number of carbonyl (C=O) groups excluding carboxylic acids is 3. The van der Waals surface area contributed by atoms with E-state index < -0.39 is 17.9 Å². The Kier molecular flexibility index (Phi) is 6.43. The molecule has 3 aliphatic carbocycles. The van der Waals surface area contributed by atoms with Gasteiger partial charge in [-0.05, 0) is 92.7 Å². The number of methoxy groups -OCH3 is 2. The highest BCUT2D eigenvalue weighted by atomic mass is 16.5. The van der Waals surface area contributed by atoms with Gasteiger partial charge in [0.15, 0.2) is 5.78 Å². The summed E-state index contributed by atoms with van der Waals surface area (Å²) in [6, 6.07) is 1.74. The minimum Gasteiger partial charge on any atom is -0.507 e. The van der Waals surface area contributed by atoms with Gasteiger partial charge in [0, 0.05) is 18.6 Å². The van der Waals surface area contributed by atoms with E-state index in [0.717, 1.165) is 55.2 Å². The number of phenolic OH excluding ortho intramolecular Hbond substituents is 1. The zero-order valence-electron chi connectivity index (χ0n) is 20.4. The van der Waals surface area contributed by atoms with E-state index >= 15 is 0 Å². The Morgan fingerprint density at radius 2 is 1.91 bits per heavy atom. The van der Waals surface area contributed by atoms with Gasteiger partial charge in [0.25, 0.3) is 0 Å². The summed E-state index contributed by atoms with van der Waals surface area (Å²) < 4.78 is 10.00. The molecule has 0 heterocycles.